The largest absolute Gasteiger partial charge is 0.472 e. The van der Waals surface area contributed by atoms with Crippen molar-refractivity contribution >= 4 is 17.6 Å². The number of aromatic nitrogens is 1. The maximum atomic E-state index is 13.7. The molecular weight excluding hydrogens is 551 g/mol. The molecule has 3 atom stereocenters. The predicted molar refractivity (Wildman–Crippen MR) is 149 cm³/mol. The molecule has 12 heteroatoms. The fourth-order valence-electron chi connectivity index (χ4n) is 4.53. The van der Waals surface area contributed by atoms with Crippen molar-refractivity contribution in [2.75, 3.05) is 32.1 Å². The Morgan fingerprint density at radius 3 is 2.48 bits per heavy atom. The molecule has 1 aromatic heterocycles. The number of alkyl halides is 3. The van der Waals surface area contributed by atoms with Crippen LogP contribution in [0.2, 0.25) is 0 Å². The number of hydrogen-bond donors (Lipinski definition) is 2. The summed E-state index contributed by atoms with van der Waals surface area (Å²) in [6.45, 7) is 3.61. The van der Waals surface area contributed by atoms with Gasteiger partial charge in [0.2, 0.25) is 5.88 Å². The number of benzene rings is 2. The van der Waals surface area contributed by atoms with Gasteiger partial charge in [-0.3, -0.25) is 4.79 Å². The molecule has 0 radical (unpaired) electrons. The molecule has 2 heterocycles. The second-order valence-electron chi connectivity index (χ2n) is 10.3. The number of rotatable bonds is 6. The Kier molecular flexibility index (Phi) is 9.02. The van der Waals surface area contributed by atoms with Crippen LogP contribution < -0.4 is 10.1 Å². The molecule has 2 N–H and O–H groups in total. The Morgan fingerprint density at radius 1 is 1.21 bits per heavy atom. The maximum absolute atomic E-state index is 13.7. The van der Waals surface area contributed by atoms with Gasteiger partial charge >= 0.3 is 12.2 Å². The highest BCUT2D eigenvalue weighted by Gasteiger charge is 2.35. The Morgan fingerprint density at radius 2 is 1.88 bits per heavy atom. The van der Waals surface area contributed by atoms with Gasteiger partial charge in [0.1, 0.15) is 11.7 Å². The monoisotopic (exact) mass is 581 g/mol. The van der Waals surface area contributed by atoms with Crippen molar-refractivity contribution in [1.29, 1.82) is 5.26 Å². The van der Waals surface area contributed by atoms with Crippen molar-refractivity contribution in [2.45, 2.75) is 32.2 Å². The van der Waals surface area contributed by atoms with Gasteiger partial charge in [-0.25, -0.2) is 9.78 Å². The summed E-state index contributed by atoms with van der Waals surface area (Å²) in [5.41, 5.74) is 1.42. The van der Waals surface area contributed by atoms with Crippen LogP contribution in [-0.4, -0.2) is 70.7 Å². The molecule has 1 aliphatic rings. The smallest absolute Gasteiger partial charge is 0.416 e. The number of hydrogen-bond acceptors (Lipinski definition) is 6. The van der Waals surface area contributed by atoms with Crippen LogP contribution in [0.25, 0.3) is 11.1 Å². The standard InChI is InChI=1S/C30H30F3N5O4/c1-18-15-38(19(2)17-39)28(40)25-12-22(21-6-4-20(13-34)5-7-21)14-35-27(25)42-26(18)16-37(3)29(41)36-24-10-8-23(9-11-24)30(31,32)33/h4-12,14,18-19,26,39H,15-17H2,1-3H3,(H,36,41)/t18-,19+,26-/m1/s1. The number of pyridine rings is 1. The number of carbonyl (C=O) groups excluding carboxylic acids is 2. The Labute approximate surface area is 241 Å². The van der Waals surface area contributed by atoms with Crippen molar-refractivity contribution in [3.63, 3.8) is 0 Å². The van der Waals surface area contributed by atoms with Crippen LogP contribution in [0.1, 0.15) is 35.3 Å². The Balaban J connectivity index is 1.58. The van der Waals surface area contributed by atoms with E-state index in [4.69, 9.17) is 10.00 Å². The molecule has 0 bridgehead atoms. The second-order valence-corrected chi connectivity index (χ2v) is 10.3. The van der Waals surface area contributed by atoms with Gasteiger partial charge in [-0.1, -0.05) is 19.1 Å². The van der Waals surface area contributed by atoms with Crippen molar-refractivity contribution in [1.82, 2.24) is 14.8 Å². The van der Waals surface area contributed by atoms with Crippen molar-refractivity contribution in [3.05, 3.63) is 77.5 Å². The minimum Gasteiger partial charge on any atom is -0.472 e. The zero-order valence-corrected chi connectivity index (χ0v) is 23.2. The van der Waals surface area contributed by atoms with Crippen LogP contribution in [0.4, 0.5) is 23.7 Å². The van der Waals surface area contributed by atoms with E-state index < -0.39 is 29.9 Å². The third kappa shape index (κ3) is 6.80. The lowest BCUT2D eigenvalue weighted by molar-refractivity contribution is -0.137. The molecule has 1 aliphatic heterocycles. The van der Waals surface area contributed by atoms with E-state index >= 15 is 0 Å². The number of fused-ring (bicyclic) bond motifs is 1. The molecule has 9 nitrogen and oxygen atoms in total. The van der Waals surface area contributed by atoms with Gasteiger partial charge in [-0.05, 0) is 55.0 Å². The highest BCUT2D eigenvalue weighted by molar-refractivity contribution is 5.98. The summed E-state index contributed by atoms with van der Waals surface area (Å²) in [7, 11) is 1.52. The summed E-state index contributed by atoms with van der Waals surface area (Å²) in [4.78, 5) is 33.9. The van der Waals surface area contributed by atoms with Gasteiger partial charge in [-0.15, -0.1) is 0 Å². The lowest BCUT2D eigenvalue weighted by Gasteiger charge is -2.37. The number of ether oxygens (including phenoxy) is 1. The first kappa shape index (κ1) is 30.3. The van der Waals surface area contributed by atoms with E-state index in [9.17, 15) is 27.9 Å². The highest BCUT2D eigenvalue weighted by Crippen LogP contribution is 2.31. The number of halogens is 3. The van der Waals surface area contributed by atoms with Gasteiger partial charge in [0, 0.05) is 37.0 Å². The zero-order chi connectivity index (χ0) is 30.6. The highest BCUT2D eigenvalue weighted by atomic mass is 19.4. The number of aliphatic hydroxyl groups excluding tert-OH is 1. The predicted octanol–water partition coefficient (Wildman–Crippen LogP) is 5.02. The summed E-state index contributed by atoms with van der Waals surface area (Å²) in [6.07, 6.45) is -3.56. The number of amides is 3. The van der Waals surface area contributed by atoms with Gasteiger partial charge in [-0.2, -0.15) is 18.4 Å². The van der Waals surface area contributed by atoms with E-state index in [1.807, 2.05) is 6.92 Å². The van der Waals surface area contributed by atoms with Gasteiger partial charge in [0.15, 0.2) is 0 Å². The number of nitrogens with zero attached hydrogens (tertiary/aromatic N) is 4. The minimum absolute atomic E-state index is 0.0700. The Hall–Kier alpha value is -4.63. The minimum atomic E-state index is -4.49. The van der Waals surface area contributed by atoms with E-state index in [0.717, 1.165) is 17.7 Å². The number of urea groups is 1. The second kappa shape index (κ2) is 12.5. The fraction of sp³-hybridized carbons (Fsp3) is 0.333. The molecular formula is C30H30F3N5O4. The number of likely N-dealkylation sites (N-methyl/N-ethyl adjacent to an activating group) is 1. The normalized spacial score (nSPS) is 17.7. The summed E-state index contributed by atoms with van der Waals surface area (Å²) < 4.78 is 44.8. The van der Waals surface area contributed by atoms with Crippen molar-refractivity contribution < 1.29 is 32.6 Å². The molecule has 3 aromatic rings. The third-order valence-electron chi connectivity index (χ3n) is 7.13. The molecule has 3 amide bonds. The zero-order valence-electron chi connectivity index (χ0n) is 23.2. The van der Waals surface area contributed by atoms with Crippen LogP contribution in [0, 0.1) is 17.2 Å². The van der Waals surface area contributed by atoms with Crippen LogP contribution in [0.3, 0.4) is 0 Å². The first-order chi connectivity index (χ1) is 19.9. The molecule has 0 unspecified atom stereocenters. The molecule has 0 saturated carbocycles. The van der Waals surface area contributed by atoms with Crippen LogP contribution in [0.5, 0.6) is 5.88 Å². The number of nitrogens with one attached hydrogen (secondary N) is 1. The maximum Gasteiger partial charge on any atom is 0.416 e. The van der Waals surface area contributed by atoms with Gasteiger partial charge in [0.05, 0.1) is 36.4 Å². The van der Waals surface area contributed by atoms with E-state index in [2.05, 4.69) is 16.4 Å². The molecule has 42 heavy (non-hydrogen) atoms. The van der Waals surface area contributed by atoms with E-state index in [1.54, 1.807) is 48.4 Å². The summed E-state index contributed by atoms with van der Waals surface area (Å²) in [5, 5.41) is 21.6. The molecule has 0 spiro atoms. The van der Waals surface area contributed by atoms with Gasteiger partial charge < -0.3 is 25.0 Å². The first-order valence-electron chi connectivity index (χ1n) is 13.2. The quantitative estimate of drug-likeness (QED) is 0.422. The number of nitriles is 1. The van der Waals surface area contributed by atoms with E-state index in [-0.39, 0.29) is 48.7 Å². The lowest BCUT2D eigenvalue weighted by atomic mass is 9.99. The molecule has 4 rings (SSSR count). The van der Waals surface area contributed by atoms with Gasteiger partial charge in [0.25, 0.3) is 5.91 Å². The average Bonchev–Trinajstić information content (AvgIpc) is 2.98. The SMILES string of the molecule is C[C@@H]1CN([C@@H](C)CO)C(=O)c2cc(-c3ccc(C#N)cc3)cnc2O[C@@H]1CN(C)C(=O)Nc1ccc(C(F)(F)F)cc1. The van der Waals surface area contributed by atoms with Crippen molar-refractivity contribution in [2.24, 2.45) is 5.92 Å². The molecule has 2 aromatic carbocycles. The lowest BCUT2D eigenvalue weighted by Crippen LogP contribution is -2.50. The summed E-state index contributed by atoms with van der Waals surface area (Å²) in [5.74, 6) is -0.591. The number of aliphatic hydroxyl groups is 1. The van der Waals surface area contributed by atoms with E-state index in [1.165, 1.54) is 24.1 Å². The van der Waals surface area contributed by atoms with Crippen molar-refractivity contribution in [3.8, 4) is 23.1 Å². The molecule has 0 aliphatic carbocycles. The van der Waals surface area contributed by atoms with E-state index in [0.29, 0.717) is 11.1 Å². The molecule has 0 fully saturated rings. The van der Waals surface area contributed by atoms with Crippen LogP contribution in [0.15, 0.2) is 60.8 Å². The summed E-state index contributed by atoms with van der Waals surface area (Å²) >= 11 is 0. The molecule has 0 saturated heterocycles. The summed E-state index contributed by atoms with van der Waals surface area (Å²) in [6, 6.07) is 13.6. The average molecular weight is 582 g/mol. The van der Waals surface area contributed by atoms with Crippen LogP contribution >= 0.6 is 0 Å². The third-order valence-corrected chi connectivity index (χ3v) is 7.13. The topological polar surface area (TPSA) is 119 Å². The Bertz CT molecular complexity index is 1470. The van der Waals surface area contributed by atoms with Crippen LogP contribution in [-0.2, 0) is 6.18 Å². The number of carbonyl (C=O) groups is 2. The number of anilines is 1. The molecule has 220 valence electrons. The fourth-order valence-corrected chi connectivity index (χ4v) is 4.53. The first-order valence-corrected chi connectivity index (χ1v) is 13.2.